The third kappa shape index (κ3) is 4.02. The summed E-state index contributed by atoms with van der Waals surface area (Å²) >= 11 is 1.16. The van der Waals surface area contributed by atoms with E-state index in [0.29, 0.717) is 12.4 Å². The first-order chi connectivity index (χ1) is 15.2. The van der Waals surface area contributed by atoms with Gasteiger partial charge in [0.05, 0.1) is 17.0 Å². The zero-order valence-electron chi connectivity index (χ0n) is 16.9. The van der Waals surface area contributed by atoms with Gasteiger partial charge in [-0.25, -0.2) is 0 Å². The average Bonchev–Trinajstić information content (AvgIpc) is 3.36. The van der Waals surface area contributed by atoms with Crippen molar-refractivity contribution in [2.75, 3.05) is 7.05 Å². The van der Waals surface area contributed by atoms with E-state index in [1.54, 1.807) is 7.05 Å². The van der Waals surface area contributed by atoms with Gasteiger partial charge in [0, 0.05) is 18.6 Å². The molecule has 0 spiro atoms. The lowest BCUT2D eigenvalue weighted by Crippen LogP contribution is -2.18. The van der Waals surface area contributed by atoms with E-state index in [9.17, 15) is 4.79 Å². The molecule has 1 fully saturated rings. The number of amides is 1. The molecule has 2 heterocycles. The van der Waals surface area contributed by atoms with Crippen molar-refractivity contribution in [1.29, 1.82) is 0 Å². The maximum absolute atomic E-state index is 11.6. The summed E-state index contributed by atoms with van der Waals surface area (Å²) in [7, 11) is 1.68. The molecule has 0 saturated carbocycles. The molecule has 1 amide bonds. The molecule has 1 saturated heterocycles. The Morgan fingerprint density at radius 3 is 2.71 bits per heavy atom. The van der Waals surface area contributed by atoms with Crippen molar-refractivity contribution in [3.05, 3.63) is 95.0 Å². The van der Waals surface area contributed by atoms with Crippen LogP contribution in [0.4, 0.5) is 4.79 Å². The Hall–Kier alpha value is -3.64. The predicted octanol–water partition coefficient (Wildman–Crippen LogP) is 5.58. The lowest BCUT2D eigenvalue weighted by atomic mass is 10.00. The number of amidine groups is 1. The quantitative estimate of drug-likeness (QED) is 0.465. The number of hydrogen-bond donors (Lipinski definition) is 1. The first-order valence-electron chi connectivity index (χ1n) is 9.98. The van der Waals surface area contributed by atoms with Gasteiger partial charge < -0.3 is 5.32 Å². The SMILES string of the molecule is CN=C1NC(=O)S/C1=C\c1ccc2nn(Cc3ccccc3-c3ccccc3)cc2c1. The number of carbonyl (C=O) groups is 1. The van der Waals surface area contributed by atoms with Crippen molar-refractivity contribution in [3.8, 4) is 11.1 Å². The van der Waals surface area contributed by atoms with Gasteiger partial charge in [0.15, 0.2) is 0 Å². The highest BCUT2D eigenvalue weighted by atomic mass is 32.2. The topological polar surface area (TPSA) is 59.3 Å². The minimum absolute atomic E-state index is 0.0992. The molecule has 0 unspecified atom stereocenters. The van der Waals surface area contributed by atoms with Crippen LogP contribution in [0.15, 0.2) is 88.9 Å². The summed E-state index contributed by atoms with van der Waals surface area (Å²) in [5.41, 5.74) is 5.60. The predicted molar refractivity (Wildman–Crippen MR) is 128 cm³/mol. The average molecular weight is 425 g/mol. The van der Waals surface area contributed by atoms with E-state index < -0.39 is 0 Å². The van der Waals surface area contributed by atoms with E-state index in [1.807, 2.05) is 29.0 Å². The van der Waals surface area contributed by atoms with Gasteiger partial charge in [-0.05, 0) is 52.2 Å². The normalized spacial score (nSPS) is 16.4. The lowest BCUT2D eigenvalue weighted by molar-refractivity contribution is 0.265. The van der Waals surface area contributed by atoms with E-state index in [2.05, 4.69) is 71.1 Å². The Labute approximate surface area is 184 Å². The summed E-state index contributed by atoms with van der Waals surface area (Å²) in [6.07, 6.45) is 4.05. The Morgan fingerprint density at radius 2 is 1.87 bits per heavy atom. The Bertz CT molecular complexity index is 1340. The first kappa shape index (κ1) is 19.3. The summed E-state index contributed by atoms with van der Waals surface area (Å²) < 4.78 is 1.98. The number of aliphatic imine (C=N–C) groups is 1. The highest BCUT2D eigenvalue weighted by Crippen LogP contribution is 2.28. The smallest absolute Gasteiger partial charge is 0.289 e. The van der Waals surface area contributed by atoms with Gasteiger partial charge in [0.25, 0.3) is 5.24 Å². The maximum Gasteiger partial charge on any atom is 0.289 e. The monoisotopic (exact) mass is 424 g/mol. The van der Waals surface area contributed by atoms with E-state index in [4.69, 9.17) is 5.10 Å². The summed E-state index contributed by atoms with van der Waals surface area (Å²) in [5, 5.41) is 8.47. The van der Waals surface area contributed by atoms with Crippen molar-refractivity contribution >= 4 is 39.8 Å². The second-order valence-electron chi connectivity index (χ2n) is 7.26. The molecule has 0 atom stereocenters. The lowest BCUT2D eigenvalue weighted by Gasteiger charge is -2.09. The zero-order valence-corrected chi connectivity index (χ0v) is 17.8. The fourth-order valence-electron chi connectivity index (χ4n) is 3.75. The molecule has 0 bridgehead atoms. The van der Waals surface area contributed by atoms with E-state index in [1.165, 1.54) is 16.7 Å². The minimum atomic E-state index is -0.0992. The fraction of sp³-hybridized carbons (Fsp3) is 0.0800. The molecule has 152 valence electrons. The molecule has 31 heavy (non-hydrogen) atoms. The van der Waals surface area contributed by atoms with Crippen LogP contribution < -0.4 is 5.32 Å². The molecule has 4 aromatic rings. The second-order valence-corrected chi connectivity index (χ2v) is 8.28. The third-order valence-electron chi connectivity index (χ3n) is 5.19. The Balaban J connectivity index is 1.45. The molecule has 1 aliphatic heterocycles. The van der Waals surface area contributed by atoms with Crippen molar-refractivity contribution in [2.45, 2.75) is 6.54 Å². The number of aromatic nitrogens is 2. The van der Waals surface area contributed by atoms with Crippen molar-refractivity contribution in [1.82, 2.24) is 15.1 Å². The zero-order chi connectivity index (χ0) is 21.2. The Morgan fingerprint density at radius 1 is 1.06 bits per heavy atom. The summed E-state index contributed by atoms with van der Waals surface area (Å²) in [5.74, 6) is 0.614. The first-order valence-corrected chi connectivity index (χ1v) is 10.8. The maximum atomic E-state index is 11.6. The molecule has 3 aromatic carbocycles. The molecule has 5 nitrogen and oxygen atoms in total. The fourth-order valence-corrected chi connectivity index (χ4v) is 4.53. The van der Waals surface area contributed by atoms with Crippen LogP contribution in [-0.2, 0) is 6.54 Å². The largest absolute Gasteiger partial charge is 0.300 e. The molecule has 5 rings (SSSR count). The van der Waals surface area contributed by atoms with E-state index in [-0.39, 0.29) is 5.24 Å². The number of carbonyl (C=O) groups excluding carboxylic acids is 1. The molecular formula is C25H20N4OS. The van der Waals surface area contributed by atoms with Crippen molar-refractivity contribution < 1.29 is 4.79 Å². The molecular weight excluding hydrogens is 404 g/mol. The second kappa shape index (κ2) is 8.24. The number of benzene rings is 3. The number of nitrogens with zero attached hydrogens (tertiary/aromatic N) is 3. The molecule has 1 aliphatic rings. The number of hydrogen-bond acceptors (Lipinski definition) is 4. The van der Waals surface area contributed by atoms with Gasteiger partial charge in [0.2, 0.25) is 0 Å². The van der Waals surface area contributed by atoms with Crippen LogP contribution in [0.1, 0.15) is 11.1 Å². The summed E-state index contributed by atoms with van der Waals surface area (Å²) in [6.45, 7) is 0.692. The number of nitrogens with one attached hydrogen (secondary N) is 1. The number of fused-ring (bicyclic) bond motifs is 1. The van der Waals surface area contributed by atoms with Crippen LogP contribution in [0.2, 0.25) is 0 Å². The van der Waals surface area contributed by atoms with Crippen molar-refractivity contribution in [3.63, 3.8) is 0 Å². The molecule has 6 heteroatoms. The standard InChI is InChI=1S/C25H20N4OS/c1-26-24-23(31-25(30)27-24)14-17-11-12-22-20(13-17)16-29(28-22)15-19-9-5-6-10-21(19)18-7-3-2-4-8-18/h2-14,16H,15H2,1H3,(H,26,27,30)/b23-14-. The molecule has 1 N–H and O–H groups in total. The summed E-state index contributed by atoms with van der Waals surface area (Å²) in [6, 6.07) is 25.0. The summed E-state index contributed by atoms with van der Waals surface area (Å²) in [4.78, 5) is 16.6. The van der Waals surface area contributed by atoms with Crippen LogP contribution in [0, 0.1) is 0 Å². The van der Waals surface area contributed by atoms with Gasteiger partial charge in [-0.3, -0.25) is 14.5 Å². The van der Waals surface area contributed by atoms with Gasteiger partial charge in [-0.1, -0.05) is 60.7 Å². The molecule has 1 aromatic heterocycles. The van der Waals surface area contributed by atoms with Gasteiger partial charge in [0.1, 0.15) is 5.84 Å². The van der Waals surface area contributed by atoms with Gasteiger partial charge in [-0.2, -0.15) is 5.10 Å². The highest BCUT2D eigenvalue weighted by Gasteiger charge is 2.22. The third-order valence-corrected chi connectivity index (χ3v) is 6.01. The molecule has 0 aliphatic carbocycles. The molecule has 0 radical (unpaired) electrons. The highest BCUT2D eigenvalue weighted by molar-refractivity contribution is 8.18. The van der Waals surface area contributed by atoms with Crippen LogP contribution in [-0.4, -0.2) is 27.9 Å². The van der Waals surface area contributed by atoms with Crippen LogP contribution >= 0.6 is 11.8 Å². The van der Waals surface area contributed by atoms with Crippen molar-refractivity contribution in [2.24, 2.45) is 4.99 Å². The van der Waals surface area contributed by atoms with E-state index >= 15 is 0 Å². The van der Waals surface area contributed by atoms with Gasteiger partial charge >= 0.3 is 0 Å². The van der Waals surface area contributed by atoms with Crippen LogP contribution in [0.3, 0.4) is 0 Å². The Kier molecular flexibility index (Phi) is 5.14. The number of thioether (sulfide) groups is 1. The van der Waals surface area contributed by atoms with E-state index in [0.717, 1.165) is 33.1 Å². The van der Waals surface area contributed by atoms with Crippen LogP contribution in [0.5, 0.6) is 0 Å². The minimum Gasteiger partial charge on any atom is -0.300 e. The van der Waals surface area contributed by atoms with Crippen LogP contribution in [0.25, 0.3) is 28.1 Å². The van der Waals surface area contributed by atoms with Gasteiger partial charge in [-0.15, -0.1) is 0 Å². The number of rotatable bonds is 4.